The smallest absolute Gasteiger partial charge is 0.303 e. The number of aromatic nitrogens is 2. The molecule has 0 radical (unpaired) electrons. The molecular weight excluding hydrogens is 412 g/mol. The number of esters is 3. The molecule has 0 unspecified atom stereocenters. The maximum Gasteiger partial charge on any atom is 0.303 e. The quantitative estimate of drug-likeness (QED) is 0.327. The number of rotatable bonds is 5. The third-order valence-electron chi connectivity index (χ3n) is 5.06. The van der Waals surface area contributed by atoms with Crippen LogP contribution in [0.3, 0.4) is 0 Å². The number of nitrogens with zero attached hydrogens (tertiary/aromatic N) is 4. The molecule has 12 nitrogen and oxygen atoms in total. The van der Waals surface area contributed by atoms with Crippen LogP contribution >= 0.6 is 0 Å². The Kier molecular flexibility index (Phi) is 6.20. The summed E-state index contributed by atoms with van der Waals surface area (Å²) in [5.74, 6) is -1.35. The maximum atomic E-state index is 12.7. The van der Waals surface area contributed by atoms with Crippen molar-refractivity contribution < 1.29 is 42.7 Å². The lowest BCUT2D eigenvalue weighted by molar-refractivity contribution is -0.673. The van der Waals surface area contributed by atoms with E-state index in [1.165, 1.54) is 20.8 Å². The zero-order chi connectivity index (χ0) is 23.0. The van der Waals surface area contributed by atoms with Gasteiger partial charge in [0, 0.05) is 34.9 Å². The second-order valence-electron chi connectivity index (χ2n) is 7.66. The van der Waals surface area contributed by atoms with Crippen LogP contribution in [0.1, 0.15) is 37.5 Å². The van der Waals surface area contributed by atoms with Gasteiger partial charge in [0.15, 0.2) is 6.10 Å². The zero-order valence-corrected chi connectivity index (χ0v) is 18.4. The molecular formula is C19H27N4O8+. The van der Waals surface area contributed by atoms with Gasteiger partial charge in [0.1, 0.15) is 12.7 Å². The lowest BCUT2D eigenvalue weighted by atomic mass is 10.1. The normalized spacial score (nSPS) is 25.3. The standard InChI is InChI=1S/C19H27N4O8/c1-10(24)28-7-13-15(29-11(2)25)16(30-12(3)26)19(31-13)23-9-20(4)14-17(23)21(5)8-22(6)18(14)27/h9,13,15-16,19H,7-8H2,1-6H3/q+1/t13-,15-,16-,19-/m1/s1. The number of ether oxygens (including phenoxy) is 4. The first-order valence-corrected chi connectivity index (χ1v) is 9.71. The first kappa shape index (κ1) is 22.5. The number of anilines is 1. The van der Waals surface area contributed by atoms with Crippen LogP contribution in [0.2, 0.25) is 0 Å². The Morgan fingerprint density at radius 1 is 1.06 bits per heavy atom. The number of hydrogen-bond donors (Lipinski definition) is 0. The van der Waals surface area contributed by atoms with Gasteiger partial charge >= 0.3 is 23.8 Å². The van der Waals surface area contributed by atoms with Gasteiger partial charge in [-0.3, -0.25) is 19.2 Å². The summed E-state index contributed by atoms with van der Waals surface area (Å²) in [6.07, 6.45) is -2.19. The predicted molar refractivity (Wildman–Crippen MR) is 103 cm³/mol. The molecule has 31 heavy (non-hydrogen) atoms. The number of imidazole rings is 1. The third-order valence-corrected chi connectivity index (χ3v) is 5.06. The highest BCUT2D eigenvalue weighted by molar-refractivity contribution is 5.97. The number of hydrogen-bond acceptors (Lipinski definition) is 9. The molecule has 0 spiro atoms. The molecule has 1 saturated heterocycles. The molecule has 3 rings (SSSR count). The van der Waals surface area contributed by atoms with E-state index in [0.29, 0.717) is 18.2 Å². The van der Waals surface area contributed by atoms with Crippen LogP contribution in [0.4, 0.5) is 5.82 Å². The fourth-order valence-corrected chi connectivity index (χ4v) is 3.94. The second-order valence-corrected chi connectivity index (χ2v) is 7.66. The number of carbonyl (C=O) groups is 4. The van der Waals surface area contributed by atoms with Gasteiger partial charge in [0.25, 0.3) is 11.5 Å². The second kappa shape index (κ2) is 8.53. The average molecular weight is 439 g/mol. The van der Waals surface area contributed by atoms with E-state index in [4.69, 9.17) is 18.9 Å². The van der Waals surface area contributed by atoms with Crippen LogP contribution in [0.15, 0.2) is 6.33 Å². The van der Waals surface area contributed by atoms with E-state index >= 15 is 0 Å². The van der Waals surface area contributed by atoms with Crippen LogP contribution in [-0.2, 0) is 40.4 Å². The van der Waals surface area contributed by atoms with E-state index < -0.39 is 42.4 Å². The van der Waals surface area contributed by atoms with Crippen molar-refractivity contribution in [3.63, 3.8) is 0 Å². The van der Waals surface area contributed by atoms with Gasteiger partial charge in [-0.2, -0.15) is 4.57 Å². The molecule has 0 N–H and O–H groups in total. The van der Waals surface area contributed by atoms with Crippen LogP contribution in [-0.4, -0.2) is 79.0 Å². The van der Waals surface area contributed by atoms with E-state index in [1.807, 2.05) is 11.9 Å². The van der Waals surface area contributed by atoms with Crippen molar-refractivity contribution in [2.45, 2.75) is 45.3 Å². The van der Waals surface area contributed by atoms with Gasteiger partial charge in [0.05, 0.1) is 13.7 Å². The molecule has 3 heterocycles. The Morgan fingerprint density at radius 3 is 2.26 bits per heavy atom. The van der Waals surface area contributed by atoms with Gasteiger partial charge in [0.2, 0.25) is 18.7 Å². The molecule has 170 valence electrons. The highest BCUT2D eigenvalue weighted by atomic mass is 16.7. The topological polar surface area (TPSA) is 120 Å². The lowest BCUT2D eigenvalue weighted by Gasteiger charge is -2.30. The Labute approximate surface area is 179 Å². The molecule has 1 aromatic heterocycles. The molecule has 0 aromatic carbocycles. The van der Waals surface area contributed by atoms with Crippen molar-refractivity contribution in [2.75, 3.05) is 32.3 Å². The van der Waals surface area contributed by atoms with E-state index in [1.54, 1.807) is 34.5 Å². The largest absolute Gasteiger partial charge is 0.463 e. The highest BCUT2D eigenvalue weighted by Crippen LogP contribution is 2.38. The minimum atomic E-state index is -1.03. The van der Waals surface area contributed by atoms with Crippen molar-refractivity contribution in [3.8, 4) is 0 Å². The Hall–Kier alpha value is -3.15. The molecule has 4 atom stereocenters. The molecule has 2 aliphatic rings. The lowest BCUT2D eigenvalue weighted by Crippen LogP contribution is -2.48. The highest BCUT2D eigenvalue weighted by Gasteiger charge is 2.55. The maximum absolute atomic E-state index is 12.7. The summed E-state index contributed by atoms with van der Waals surface area (Å²) in [7, 11) is 5.22. The molecule has 2 aliphatic heterocycles. The molecule has 0 saturated carbocycles. The first-order chi connectivity index (χ1) is 14.5. The Balaban J connectivity index is 2.06. The van der Waals surface area contributed by atoms with E-state index in [2.05, 4.69) is 0 Å². The average Bonchev–Trinajstić information content (AvgIpc) is 3.16. The van der Waals surface area contributed by atoms with Gasteiger partial charge < -0.3 is 28.7 Å². The van der Waals surface area contributed by atoms with Crippen LogP contribution in [0.5, 0.6) is 0 Å². The summed E-state index contributed by atoms with van der Waals surface area (Å²) >= 11 is 0. The van der Waals surface area contributed by atoms with Crippen molar-refractivity contribution in [2.24, 2.45) is 7.05 Å². The monoisotopic (exact) mass is 439 g/mol. The summed E-state index contributed by atoms with van der Waals surface area (Å²) in [4.78, 5) is 51.0. The van der Waals surface area contributed by atoms with Crippen molar-refractivity contribution >= 4 is 29.6 Å². The minimum absolute atomic E-state index is 0.176. The summed E-state index contributed by atoms with van der Waals surface area (Å²) in [6.45, 7) is 3.84. The Bertz CT molecular complexity index is 913. The van der Waals surface area contributed by atoms with Crippen LogP contribution in [0.25, 0.3) is 0 Å². The van der Waals surface area contributed by atoms with Crippen molar-refractivity contribution in [3.05, 3.63) is 12.0 Å². The van der Waals surface area contributed by atoms with Gasteiger partial charge in [-0.25, -0.2) is 4.57 Å². The van der Waals surface area contributed by atoms with Crippen molar-refractivity contribution in [1.82, 2.24) is 9.47 Å². The Morgan fingerprint density at radius 2 is 1.68 bits per heavy atom. The van der Waals surface area contributed by atoms with Gasteiger partial charge in [-0.15, -0.1) is 0 Å². The SMILES string of the molecule is CC(=O)OC[C@H]1O[C@@H](n2c[n+](C)c3c2N(C)CN(C)C3=O)[C@H](OC(C)=O)[C@@H]1OC(C)=O. The van der Waals surface area contributed by atoms with E-state index in [9.17, 15) is 19.2 Å². The molecule has 12 heteroatoms. The minimum Gasteiger partial charge on any atom is -0.463 e. The van der Waals surface area contributed by atoms with E-state index in [-0.39, 0.29) is 12.5 Å². The van der Waals surface area contributed by atoms with E-state index in [0.717, 1.165) is 0 Å². The number of amides is 1. The summed E-state index contributed by atoms with van der Waals surface area (Å²) in [5.41, 5.74) is 0.425. The van der Waals surface area contributed by atoms with Gasteiger partial charge in [-0.05, 0) is 0 Å². The fourth-order valence-electron chi connectivity index (χ4n) is 3.94. The molecule has 0 aliphatic carbocycles. The zero-order valence-electron chi connectivity index (χ0n) is 18.4. The number of fused-ring (bicyclic) bond motifs is 1. The first-order valence-electron chi connectivity index (χ1n) is 9.71. The molecule has 0 bridgehead atoms. The van der Waals surface area contributed by atoms with Gasteiger partial charge in [-0.1, -0.05) is 0 Å². The summed E-state index contributed by atoms with van der Waals surface area (Å²) < 4.78 is 25.3. The number of aryl methyl sites for hydroxylation is 1. The van der Waals surface area contributed by atoms with Crippen LogP contribution < -0.4 is 9.47 Å². The molecule has 1 aromatic rings. The third kappa shape index (κ3) is 4.33. The predicted octanol–water partition coefficient (Wildman–Crippen LogP) is -0.884. The molecule has 1 fully saturated rings. The van der Waals surface area contributed by atoms with Crippen LogP contribution in [0, 0.1) is 0 Å². The number of carbonyl (C=O) groups excluding carboxylic acids is 4. The summed E-state index contributed by atoms with van der Waals surface area (Å²) in [5, 5.41) is 0. The fraction of sp³-hybridized carbons (Fsp3) is 0.632. The van der Waals surface area contributed by atoms with Crippen molar-refractivity contribution in [1.29, 1.82) is 0 Å². The summed E-state index contributed by atoms with van der Waals surface area (Å²) in [6, 6.07) is 0. The molecule has 1 amide bonds.